The zero-order valence-corrected chi connectivity index (χ0v) is 15.6. The summed E-state index contributed by atoms with van der Waals surface area (Å²) in [4.78, 5) is 4.28. The van der Waals surface area contributed by atoms with Crippen molar-refractivity contribution in [3.63, 3.8) is 0 Å². The molecule has 1 heterocycles. The predicted octanol–water partition coefficient (Wildman–Crippen LogP) is 2.07. The van der Waals surface area contributed by atoms with Gasteiger partial charge in [-0.15, -0.1) is 34.2 Å². The molecule has 1 saturated carbocycles. The van der Waals surface area contributed by atoms with Gasteiger partial charge in [0.15, 0.2) is 11.8 Å². The van der Waals surface area contributed by atoms with Crippen LogP contribution in [0.3, 0.4) is 0 Å². The molecule has 1 aromatic heterocycles. The van der Waals surface area contributed by atoms with Crippen molar-refractivity contribution in [3.8, 4) is 0 Å². The van der Waals surface area contributed by atoms with Crippen LogP contribution in [0.1, 0.15) is 44.9 Å². The van der Waals surface area contributed by atoms with Gasteiger partial charge in [0, 0.05) is 20.6 Å². The van der Waals surface area contributed by atoms with Gasteiger partial charge < -0.3 is 15.2 Å². The maximum Gasteiger partial charge on any atom is 0.191 e. The Labute approximate surface area is 144 Å². The molecule has 1 fully saturated rings. The summed E-state index contributed by atoms with van der Waals surface area (Å²) in [5.74, 6) is 1.74. The lowest BCUT2D eigenvalue weighted by molar-refractivity contribution is 0.283. The fourth-order valence-corrected chi connectivity index (χ4v) is 2.90. The molecular formula is C14H27IN6. The van der Waals surface area contributed by atoms with Gasteiger partial charge in [-0.1, -0.05) is 19.8 Å². The summed E-state index contributed by atoms with van der Waals surface area (Å²) in [7, 11) is 3.75. The summed E-state index contributed by atoms with van der Waals surface area (Å²) in [6.45, 7) is 3.93. The van der Waals surface area contributed by atoms with Crippen molar-refractivity contribution in [2.45, 2.75) is 45.6 Å². The molecule has 1 aliphatic carbocycles. The summed E-state index contributed by atoms with van der Waals surface area (Å²) >= 11 is 0. The normalized spacial score (nSPS) is 17.4. The molecule has 120 valence electrons. The Hall–Kier alpha value is -0.860. The van der Waals surface area contributed by atoms with Crippen molar-refractivity contribution < 1.29 is 0 Å². The number of hydrogen-bond donors (Lipinski definition) is 2. The molecule has 2 N–H and O–H groups in total. The first kappa shape index (κ1) is 18.2. The molecule has 6 nitrogen and oxygen atoms in total. The molecule has 0 unspecified atom stereocenters. The van der Waals surface area contributed by atoms with E-state index in [1.54, 1.807) is 13.4 Å². The van der Waals surface area contributed by atoms with E-state index in [2.05, 4.69) is 32.7 Å². The smallest absolute Gasteiger partial charge is 0.191 e. The SMILES string of the molecule is CCC1(CNC(=NC)NCc2nncn2C)CCCC1.I. The minimum atomic E-state index is 0. The monoisotopic (exact) mass is 406 g/mol. The van der Waals surface area contributed by atoms with Crippen LogP contribution in [-0.4, -0.2) is 34.3 Å². The van der Waals surface area contributed by atoms with E-state index in [9.17, 15) is 0 Å². The van der Waals surface area contributed by atoms with Crippen LogP contribution >= 0.6 is 24.0 Å². The van der Waals surface area contributed by atoms with Crippen molar-refractivity contribution in [3.05, 3.63) is 12.2 Å². The molecule has 0 amide bonds. The third-order valence-electron chi connectivity index (χ3n) is 4.49. The van der Waals surface area contributed by atoms with Gasteiger partial charge in [-0.25, -0.2) is 0 Å². The molecule has 21 heavy (non-hydrogen) atoms. The second-order valence-corrected chi connectivity index (χ2v) is 5.70. The molecule has 0 bridgehead atoms. The van der Waals surface area contributed by atoms with Gasteiger partial charge in [0.1, 0.15) is 6.33 Å². The zero-order chi connectivity index (χ0) is 14.4. The third-order valence-corrected chi connectivity index (χ3v) is 4.49. The van der Waals surface area contributed by atoms with Gasteiger partial charge in [-0.3, -0.25) is 4.99 Å². The van der Waals surface area contributed by atoms with Crippen molar-refractivity contribution >= 4 is 29.9 Å². The number of hydrogen-bond acceptors (Lipinski definition) is 3. The first-order valence-corrected chi connectivity index (χ1v) is 7.46. The predicted molar refractivity (Wildman–Crippen MR) is 95.8 cm³/mol. The van der Waals surface area contributed by atoms with Gasteiger partial charge in [-0.2, -0.15) is 0 Å². The second-order valence-electron chi connectivity index (χ2n) is 5.70. The van der Waals surface area contributed by atoms with E-state index in [-0.39, 0.29) is 24.0 Å². The lowest BCUT2D eigenvalue weighted by Gasteiger charge is -2.28. The lowest BCUT2D eigenvalue weighted by Crippen LogP contribution is -2.42. The van der Waals surface area contributed by atoms with Crippen molar-refractivity contribution in [2.75, 3.05) is 13.6 Å². The number of rotatable bonds is 5. The minimum Gasteiger partial charge on any atom is -0.356 e. The molecule has 0 spiro atoms. The molecule has 0 atom stereocenters. The van der Waals surface area contributed by atoms with Gasteiger partial charge in [-0.05, 0) is 24.7 Å². The Kier molecular flexibility index (Phi) is 7.41. The second kappa shape index (κ2) is 8.55. The molecule has 7 heteroatoms. The number of aryl methyl sites for hydroxylation is 1. The number of aromatic nitrogens is 3. The van der Waals surface area contributed by atoms with Crippen LogP contribution in [0.5, 0.6) is 0 Å². The molecular weight excluding hydrogens is 379 g/mol. The number of nitrogens with one attached hydrogen (secondary N) is 2. The Bertz CT molecular complexity index is 450. The molecule has 1 aromatic rings. The average Bonchev–Trinajstić information content (AvgIpc) is 3.09. The summed E-state index contributed by atoms with van der Waals surface area (Å²) < 4.78 is 1.91. The van der Waals surface area contributed by atoms with Gasteiger partial charge in [0.2, 0.25) is 0 Å². The Morgan fingerprint density at radius 1 is 1.38 bits per heavy atom. The molecule has 1 aliphatic rings. The number of nitrogens with zero attached hydrogens (tertiary/aromatic N) is 4. The molecule has 0 aliphatic heterocycles. The first-order valence-electron chi connectivity index (χ1n) is 7.46. The molecule has 0 saturated heterocycles. The van der Waals surface area contributed by atoms with Crippen LogP contribution in [0, 0.1) is 5.41 Å². The molecule has 2 rings (SSSR count). The maximum absolute atomic E-state index is 4.28. The van der Waals surface area contributed by atoms with E-state index < -0.39 is 0 Å². The maximum atomic E-state index is 4.28. The van der Waals surface area contributed by atoms with Crippen LogP contribution in [0.4, 0.5) is 0 Å². The molecule has 0 radical (unpaired) electrons. The minimum absolute atomic E-state index is 0. The topological polar surface area (TPSA) is 67.1 Å². The zero-order valence-electron chi connectivity index (χ0n) is 13.2. The Morgan fingerprint density at radius 2 is 2.10 bits per heavy atom. The van der Waals surface area contributed by atoms with Gasteiger partial charge >= 0.3 is 0 Å². The van der Waals surface area contributed by atoms with Crippen LogP contribution in [0.15, 0.2) is 11.3 Å². The summed E-state index contributed by atoms with van der Waals surface area (Å²) in [5, 5.41) is 14.7. The average molecular weight is 406 g/mol. The highest BCUT2D eigenvalue weighted by Gasteiger charge is 2.31. The largest absolute Gasteiger partial charge is 0.356 e. The molecule has 0 aromatic carbocycles. The highest BCUT2D eigenvalue weighted by atomic mass is 127. The Balaban J connectivity index is 0.00000220. The number of guanidine groups is 1. The van der Waals surface area contributed by atoms with E-state index in [0.717, 1.165) is 18.3 Å². The number of aliphatic imine (C=N–C) groups is 1. The fraction of sp³-hybridized carbons (Fsp3) is 0.786. The van der Waals surface area contributed by atoms with E-state index >= 15 is 0 Å². The quantitative estimate of drug-likeness (QED) is 0.447. The van der Waals surface area contributed by atoms with Gasteiger partial charge in [0.05, 0.1) is 6.54 Å². The van der Waals surface area contributed by atoms with Gasteiger partial charge in [0.25, 0.3) is 0 Å². The van der Waals surface area contributed by atoms with E-state index in [1.807, 2.05) is 11.6 Å². The van der Waals surface area contributed by atoms with E-state index in [1.165, 1.54) is 32.1 Å². The fourth-order valence-electron chi connectivity index (χ4n) is 2.90. The van der Waals surface area contributed by atoms with Crippen LogP contribution in [-0.2, 0) is 13.6 Å². The van der Waals surface area contributed by atoms with Crippen molar-refractivity contribution in [1.29, 1.82) is 0 Å². The summed E-state index contributed by atoms with van der Waals surface area (Å²) in [6, 6.07) is 0. The van der Waals surface area contributed by atoms with Crippen LogP contribution in [0.25, 0.3) is 0 Å². The van der Waals surface area contributed by atoms with E-state index in [4.69, 9.17) is 0 Å². The standard InChI is InChI=1S/C14H26N6.HI/c1-4-14(7-5-6-8-14)10-17-13(15-2)16-9-12-19-18-11-20(12)3;/h11H,4-10H2,1-3H3,(H2,15,16,17);1H. The van der Waals surface area contributed by atoms with Crippen molar-refractivity contribution in [2.24, 2.45) is 17.5 Å². The van der Waals surface area contributed by atoms with Crippen LogP contribution < -0.4 is 10.6 Å². The summed E-state index contributed by atoms with van der Waals surface area (Å²) in [5.41, 5.74) is 0.461. The Morgan fingerprint density at radius 3 is 2.62 bits per heavy atom. The lowest BCUT2D eigenvalue weighted by atomic mass is 9.83. The van der Waals surface area contributed by atoms with E-state index in [0.29, 0.717) is 12.0 Å². The highest BCUT2D eigenvalue weighted by Crippen LogP contribution is 2.40. The van der Waals surface area contributed by atoms with Crippen molar-refractivity contribution in [1.82, 2.24) is 25.4 Å². The third kappa shape index (κ3) is 4.82. The first-order chi connectivity index (χ1) is 9.69. The van der Waals surface area contributed by atoms with Crippen LogP contribution in [0.2, 0.25) is 0 Å². The number of halogens is 1. The highest BCUT2D eigenvalue weighted by molar-refractivity contribution is 14.0. The summed E-state index contributed by atoms with van der Waals surface area (Å²) in [6.07, 6.45) is 8.33.